The fourth-order valence-corrected chi connectivity index (χ4v) is 2.67. The molecule has 6 heteroatoms. The van der Waals surface area contributed by atoms with Crippen LogP contribution in [0, 0.1) is 0 Å². The monoisotopic (exact) mass is 236 g/mol. The molecule has 0 aromatic carbocycles. The van der Waals surface area contributed by atoms with E-state index in [2.05, 4.69) is 5.32 Å². The summed E-state index contributed by atoms with van der Waals surface area (Å²) in [6.07, 6.45) is -0.738. The van der Waals surface area contributed by atoms with Gasteiger partial charge in [-0.05, 0) is 12.8 Å². The van der Waals surface area contributed by atoms with E-state index in [4.69, 9.17) is 0 Å². The SMILES string of the molecule is O=C1CN(CC(F)(F)F)C2CCCCC2N1. The number of piperazine rings is 1. The highest BCUT2D eigenvalue weighted by atomic mass is 19.4. The molecule has 1 aliphatic heterocycles. The molecule has 2 atom stereocenters. The third-order valence-electron chi connectivity index (χ3n) is 3.27. The van der Waals surface area contributed by atoms with Gasteiger partial charge < -0.3 is 5.32 Å². The molecule has 16 heavy (non-hydrogen) atoms. The van der Waals surface area contributed by atoms with Crippen LogP contribution in [0.4, 0.5) is 13.2 Å². The molecule has 1 aliphatic carbocycles. The largest absolute Gasteiger partial charge is 0.401 e. The van der Waals surface area contributed by atoms with Crippen molar-refractivity contribution in [1.29, 1.82) is 0 Å². The predicted octanol–water partition coefficient (Wildman–Crippen LogP) is 1.29. The second-order valence-electron chi connectivity index (χ2n) is 4.55. The average Bonchev–Trinajstić information content (AvgIpc) is 2.14. The number of amides is 1. The van der Waals surface area contributed by atoms with Gasteiger partial charge in [0, 0.05) is 12.1 Å². The fraction of sp³-hybridized carbons (Fsp3) is 0.900. The summed E-state index contributed by atoms with van der Waals surface area (Å²) in [4.78, 5) is 12.6. The standard InChI is InChI=1S/C10H15F3N2O/c11-10(12,13)6-15-5-9(16)14-7-3-1-2-4-8(7)15/h7-8H,1-6H2,(H,14,16). The molecule has 1 saturated heterocycles. The molecule has 0 aromatic heterocycles. The van der Waals surface area contributed by atoms with Crippen molar-refractivity contribution < 1.29 is 18.0 Å². The Hall–Kier alpha value is -0.780. The molecule has 2 rings (SSSR count). The van der Waals surface area contributed by atoms with Crippen LogP contribution in [0.1, 0.15) is 25.7 Å². The zero-order chi connectivity index (χ0) is 11.8. The number of carbonyl (C=O) groups excluding carboxylic acids is 1. The van der Waals surface area contributed by atoms with Crippen LogP contribution in [0.25, 0.3) is 0 Å². The lowest BCUT2D eigenvalue weighted by Crippen LogP contribution is -2.62. The molecule has 1 heterocycles. The third-order valence-corrected chi connectivity index (χ3v) is 3.27. The Balaban J connectivity index is 2.06. The van der Waals surface area contributed by atoms with Gasteiger partial charge in [-0.2, -0.15) is 13.2 Å². The minimum Gasteiger partial charge on any atom is -0.351 e. The van der Waals surface area contributed by atoms with Crippen molar-refractivity contribution >= 4 is 5.91 Å². The summed E-state index contributed by atoms with van der Waals surface area (Å²) >= 11 is 0. The van der Waals surface area contributed by atoms with E-state index in [0.717, 1.165) is 25.7 Å². The van der Waals surface area contributed by atoms with Gasteiger partial charge in [-0.25, -0.2) is 0 Å². The molecule has 1 amide bonds. The van der Waals surface area contributed by atoms with Crippen LogP contribution >= 0.6 is 0 Å². The van der Waals surface area contributed by atoms with Crippen molar-refractivity contribution in [1.82, 2.24) is 10.2 Å². The molecular weight excluding hydrogens is 221 g/mol. The summed E-state index contributed by atoms with van der Waals surface area (Å²) in [7, 11) is 0. The fourth-order valence-electron chi connectivity index (χ4n) is 2.67. The Kier molecular flexibility index (Phi) is 3.10. The number of rotatable bonds is 1. The van der Waals surface area contributed by atoms with E-state index < -0.39 is 12.7 Å². The molecule has 2 aliphatic rings. The van der Waals surface area contributed by atoms with Gasteiger partial charge in [-0.15, -0.1) is 0 Å². The first kappa shape index (κ1) is 11.7. The van der Waals surface area contributed by atoms with Crippen molar-refractivity contribution in [3.8, 4) is 0 Å². The summed E-state index contributed by atoms with van der Waals surface area (Å²) in [5.74, 6) is -0.285. The van der Waals surface area contributed by atoms with E-state index >= 15 is 0 Å². The first-order valence-electron chi connectivity index (χ1n) is 5.56. The first-order valence-corrected chi connectivity index (χ1v) is 5.56. The Morgan fingerprint density at radius 3 is 2.69 bits per heavy atom. The number of nitrogens with zero attached hydrogens (tertiary/aromatic N) is 1. The Bertz CT molecular complexity index is 280. The van der Waals surface area contributed by atoms with E-state index in [9.17, 15) is 18.0 Å². The Morgan fingerprint density at radius 1 is 1.31 bits per heavy atom. The van der Waals surface area contributed by atoms with Crippen LogP contribution in [0.3, 0.4) is 0 Å². The first-order chi connectivity index (χ1) is 7.46. The van der Waals surface area contributed by atoms with Gasteiger partial charge in [-0.3, -0.25) is 9.69 Å². The minimum absolute atomic E-state index is 0.0858. The molecular formula is C10H15F3N2O. The Morgan fingerprint density at radius 2 is 2.00 bits per heavy atom. The van der Waals surface area contributed by atoms with Crippen LogP contribution in [0.5, 0.6) is 0 Å². The molecule has 2 unspecified atom stereocenters. The van der Waals surface area contributed by atoms with E-state index in [0.29, 0.717) is 0 Å². The van der Waals surface area contributed by atoms with Gasteiger partial charge in [0.05, 0.1) is 13.1 Å². The number of alkyl halides is 3. The highest BCUT2D eigenvalue weighted by molar-refractivity contribution is 5.79. The second-order valence-corrected chi connectivity index (χ2v) is 4.55. The molecule has 92 valence electrons. The maximum absolute atomic E-state index is 12.4. The zero-order valence-corrected chi connectivity index (χ0v) is 8.89. The summed E-state index contributed by atoms with van der Waals surface area (Å²) in [6, 6.07) is -0.217. The lowest BCUT2D eigenvalue weighted by Gasteiger charge is -2.44. The molecule has 0 aromatic rings. The maximum Gasteiger partial charge on any atom is 0.401 e. The van der Waals surface area contributed by atoms with Crippen molar-refractivity contribution in [2.45, 2.75) is 43.9 Å². The van der Waals surface area contributed by atoms with Gasteiger partial charge in [0.25, 0.3) is 0 Å². The van der Waals surface area contributed by atoms with E-state index in [-0.39, 0.29) is 24.5 Å². The van der Waals surface area contributed by atoms with Crippen molar-refractivity contribution in [2.75, 3.05) is 13.1 Å². The topological polar surface area (TPSA) is 32.3 Å². The average molecular weight is 236 g/mol. The number of nitrogens with one attached hydrogen (secondary N) is 1. The van der Waals surface area contributed by atoms with Crippen LogP contribution < -0.4 is 5.32 Å². The lowest BCUT2D eigenvalue weighted by molar-refractivity contribution is -0.161. The number of carbonyl (C=O) groups is 1. The van der Waals surface area contributed by atoms with Crippen LogP contribution in [-0.4, -0.2) is 42.2 Å². The predicted molar refractivity (Wildman–Crippen MR) is 51.8 cm³/mol. The summed E-state index contributed by atoms with van der Waals surface area (Å²) in [6.45, 7) is -1.09. The van der Waals surface area contributed by atoms with Gasteiger partial charge in [-0.1, -0.05) is 12.8 Å². The molecule has 3 nitrogen and oxygen atoms in total. The van der Waals surface area contributed by atoms with Gasteiger partial charge >= 0.3 is 6.18 Å². The normalized spacial score (nSPS) is 32.1. The van der Waals surface area contributed by atoms with E-state index in [1.807, 2.05) is 0 Å². The van der Waals surface area contributed by atoms with E-state index in [1.54, 1.807) is 0 Å². The molecule has 2 fully saturated rings. The zero-order valence-electron chi connectivity index (χ0n) is 8.89. The minimum atomic E-state index is -4.22. The number of halogens is 3. The second kappa shape index (κ2) is 4.24. The third kappa shape index (κ3) is 2.66. The van der Waals surface area contributed by atoms with Gasteiger partial charge in [0.2, 0.25) is 5.91 Å². The molecule has 0 radical (unpaired) electrons. The maximum atomic E-state index is 12.4. The molecule has 0 bridgehead atoms. The van der Waals surface area contributed by atoms with Crippen molar-refractivity contribution in [3.05, 3.63) is 0 Å². The summed E-state index contributed by atoms with van der Waals surface area (Å²) < 4.78 is 37.1. The lowest BCUT2D eigenvalue weighted by atomic mass is 9.87. The number of hydrogen-bond donors (Lipinski definition) is 1. The molecule has 0 spiro atoms. The van der Waals surface area contributed by atoms with Gasteiger partial charge in [0.15, 0.2) is 0 Å². The van der Waals surface area contributed by atoms with Crippen molar-refractivity contribution in [2.24, 2.45) is 0 Å². The number of fused-ring (bicyclic) bond motifs is 1. The summed E-state index contributed by atoms with van der Waals surface area (Å²) in [5.41, 5.74) is 0. The van der Waals surface area contributed by atoms with Gasteiger partial charge in [0.1, 0.15) is 0 Å². The van der Waals surface area contributed by atoms with Crippen LogP contribution in [0.2, 0.25) is 0 Å². The van der Waals surface area contributed by atoms with Crippen LogP contribution in [0.15, 0.2) is 0 Å². The van der Waals surface area contributed by atoms with Crippen LogP contribution in [-0.2, 0) is 4.79 Å². The van der Waals surface area contributed by atoms with Crippen molar-refractivity contribution in [3.63, 3.8) is 0 Å². The Labute approximate surface area is 92.0 Å². The quantitative estimate of drug-likeness (QED) is 0.744. The summed E-state index contributed by atoms with van der Waals surface area (Å²) in [5, 5.41) is 2.79. The highest BCUT2D eigenvalue weighted by Gasteiger charge is 2.41. The number of hydrogen-bond acceptors (Lipinski definition) is 2. The van der Waals surface area contributed by atoms with E-state index in [1.165, 1.54) is 4.90 Å². The molecule has 1 N–H and O–H groups in total. The highest BCUT2D eigenvalue weighted by Crippen LogP contribution is 2.28. The molecule has 1 saturated carbocycles. The smallest absolute Gasteiger partial charge is 0.351 e.